The lowest BCUT2D eigenvalue weighted by molar-refractivity contribution is 0.744. The maximum absolute atomic E-state index is 2.50. The average Bonchev–Trinajstić information content (AvgIpc) is 1.91. The number of allylic oxidation sites excluding steroid dienone is 2. The average molecular weight is 208 g/mol. The normalized spacial score (nSPS) is 39.7. The molecule has 0 aliphatic heterocycles. The first kappa shape index (κ1) is 5.60. The molecule has 2 unspecified atom stereocenters. The molecular formula is C6H9I. The molecule has 0 saturated heterocycles. The first-order chi connectivity index (χ1) is 3.30. The summed E-state index contributed by atoms with van der Waals surface area (Å²) in [6, 6.07) is 0. The number of hydrogen-bond donors (Lipinski definition) is 0. The van der Waals surface area contributed by atoms with E-state index in [1.54, 1.807) is 0 Å². The lowest BCUT2D eigenvalue weighted by Gasteiger charge is -2.02. The second kappa shape index (κ2) is 2.16. The SMILES string of the molecule is CC1C=CCC1I. The Morgan fingerprint density at radius 1 is 1.71 bits per heavy atom. The van der Waals surface area contributed by atoms with E-state index in [-0.39, 0.29) is 0 Å². The van der Waals surface area contributed by atoms with E-state index in [0.29, 0.717) is 0 Å². The number of hydrogen-bond acceptors (Lipinski definition) is 0. The monoisotopic (exact) mass is 208 g/mol. The summed E-state index contributed by atoms with van der Waals surface area (Å²) in [5, 5.41) is 0. The lowest BCUT2D eigenvalue weighted by atomic mass is 10.2. The molecule has 1 aliphatic carbocycles. The van der Waals surface area contributed by atoms with Crippen molar-refractivity contribution in [1.29, 1.82) is 0 Å². The van der Waals surface area contributed by atoms with Crippen molar-refractivity contribution < 1.29 is 0 Å². The van der Waals surface area contributed by atoms with Gasteiger partial charge in [0.1, 0.15) is 0 Å². The maximum Gasteiger partial charge on any atom is 0.0204 e. The molecular weight excluding hydrogens is 199 g/mol. The van der Waals surface area contributed by atoms with E-state index in [4.69, 9.17) is 0 Å². The highest BCUT2D eigenvalue weighted by Gasteiger charge is 2.13. The van der Waals surface area contributed by atoms with Gasteiger partial charge >= 0.3 is 0 Å². The van der Waals surface area contributed by atoms with Crippen LogP contribution in [-0.4, -0.2) is 3.92 Å². The molecule has 40 valence electrons. The predicted octanol–water partition coefficient (Wildman–Crippen LogP) is 2.39. The molecule has 0 saturated carbocycles. The van der Waals surface area contributed by atoms with Crippen LogP contribution in [0.15, 0.2) is 12.2 Å². The molecule has 1 rings (SSSR count). The van der Waals surface area contributed by atoms with E-state index >= 15 is 0 Å². The third-order valence-electron chi connectivity index (χ3n) is 1.37. The van der Waals surface area contributed by atoms with Crippen molar-refractivity contribution in [1.82, 2.24) is 0 Å². The van der Waals surface area contributed by atoms with Crippen LogP contribution in [0.4, 0.5) is 0 Å². The molecule has 0 N–H and O–H groups in total. The van der Waals surface area contributed by atoms with Crippen LogP contribution in [0.2, 0.25) is 0 Å². The van der Waals surface area contributed by atoms with E-state index in [9.17, 15) is 0 Å². The van der Waals surface area contributed by atoms with Crippen LogP contribution in [0.1, 0.15) is 13.3 Å². The van der Waals surface area contributed by atoms with Crippen LogP contribution in [-0.2, 0) is 0 Å². The number of rotatable bonds is 0. The molecule has 1 heteroatoms. The Hall–Kier alpha value is 0.470. The van der Waals surface area contributed by atoms with Crippen molar-refractivity contribution in [3.8, 4) is 0 Å². The van der Waals surface area contributed by atoms with Crippen molar-refractivity contribution in [2.24, 2.45) is 5.92 Å². The second-order valence-electron chi connectivity index (χ2n) is 2.04. The number of halogens is 1. The predicted molar refractivity (Wildman–Crippen MR) is 40.7 cm³/mol. The van der Waals surface area contributed by atoms with Gasteiger partial charge in [0.25, 0.3) is 0 Å². The van der Waals surface area contributed by atoms with Gasteiger partial charge in [-0.2, -0.15) is 0 Å². The van der Waals surface area contributed by atoms with Gasteiger partial charge in [0.15, 0.2) is 0 Å². The molecule has 0 amide bonds. The van der Waals surface area contributed by atoms with Crippen molar-refractivity contribution in [2.45, 2.75) is 17.3 Å². The van der Waals surface area contributed by atoms with E-state index in [0.717, 1.165) is 9.84 Å². The molecule has 2 atom stereocenters. The van der Waals surface area contributed by atoms with Crippen molar-refractivity contribution in [3.05, 3.63) is 12.2 Å². The van der Waals surface area contributed by atoms with Gasteiger partial charge in [0, 0.05) is 3.92 Å². The third-order valence-corrected chi connectivity index (χ3v) is 3.01. The minimum absolute atomic E-state index is 0.820. The molecule has 0 bridgehead atoms. The largest absolute Gasteiger partial charge is 0.0872 e. The lowest BCUT2D eigenvalue weighted by Crippen LogP contribution is -1.99. The minimum atomic E-state index is 0.820. The van der Waals surface area contributed by atoms with Crippen LogP contribution in [0, 0.1) is 5.92 Å². The summed E-state index contributed by atoms with van der Waals surface area (Å²) in [6.45, 7) is 2.26. The fourth-order valence-corrected chi connectivity index (χ4v) is 1.29. The van der Waals surface area contributed by atoms with Crippen molar-refractivity contribution in [3.63, 3.8) is 0 Å². The first-order valence-electron chi connectivity index (χ1n) is 2.61. The standard InChI is InChI=1S/C6H9I/c1-5-3-2-4-6(5)7/h2-3,5-6H,4H2,1H3. The summed E-state index contributed by atoms with van der Waals surface area (Å²) < 4.78 is 0.873. The van der Waals surface area contributed by atoms with Gasteiger partial charge in [0.2, 0.25) is 0 Å². The van der Waals surface area contributed by atoms with E-state index in [2.05, 4.69) is 41.7 Å². The molecule has 0 radical (unpaired) electrons. The van der Waals surface area contributed by atoms with Crippen molar-refractivity contribution in [2.75, 3.05) is 0 Å². The summed E-state index contributed by atoms with van der Waals surface area (Å²) >= 11 is 2.50. The number of alkyl halides is 1. The Bertz CT molecular complexity index is 86.2. The summed E-state index contributed by atoms with van der Waals surface area (Å²) in [5.41, 5.74) is 0. The molecule has 0 nitrogen and oxygen atoms in total. The zero-order chi connectivity index (χ0) is 5.28. The Morgan fingerprint density at radius 3 is 2.57 bits per heavy atom. The Balaban J connectivity index is 2.45. The smallest absolute Gasteiger partial charge is 0.0204 e. The molecule has 0 aromatic rings. The van der Waals surface area contributed by atoms with Crippen LogP contribution in [0.5, 0.6) is 0 Å². The Morgan fingerprint density at radius 2 is 2.43 bits per heavy atom. The zero-order valence-corrected chi connectivity index (χ0v) is 6.55. The summed E-state index contributed by atoms with van der Waals surface area (Å²) in [7, 11) is 0. The van der Waals surface area contributed by atoms with Crippen LogP contribution >= 0.6 is 22.6 Å². The van der Waals surface area contributed by atoms with E-state index in [1.807, 2.05) is 0 Å². The molecule has 0 heterocycles. The summed E-state index contributed by atoms with van der Waals surface area (Å²) in [4.78, 5) is 0. The molecule has 0 spiro atoms. The summed E-state index contributed by atoms with van der Waals surface area (Å²) in [6.07, 6.45) is 5.83. The minimum Gasteiger partial charge on any atom is -0.0872 e. The fraction of sp³-hybridized carbons (Fsp3) is 0.667. The maximum atomic E-state index is 2.50. The van der Waals surface area contributed by atoms with Gasteiger partial charge < -0.3 is 0 Å². The molecule has 1 aliphatic rings. The first-order valence-corrected chi connectivity index (χ1v) is 3.86. The highest BCUT2D eigenvalue weighted by molar-refractivity contribution is 14.1. The highest BCUT2D eigenvalue weighted by atomic mass is 127. The van der Waals surface area contributed by atoms with Gasteiger partial charge in [-0.3, -0.25) is 0 Å². The zero-order valence-electron chi connectivity index (χ0n) is 4.39. The Labute approximate surface area is 58.1 Å². The van der Waals surface area contributed by atoms with Gasteiger partial charge in [-0.15, -0.1) is 0 Å². The third kappa shape index (κ3) is 1.18. The Kier molecular flexibility index (Phi) is 1.73. The van der Waals surface area contributed by atoms with Crippen molar-refractivity contribution >= 4 is 22.6 Å². The van der Waals surface area contributed by atoms with Crippen LogP contribution in [0.3, 0.4) is 0 Å². The summed E-state index contributed by atoms with van der Waals surface area (Å²) in [5.74, 6) is 0.820. The fourth-order valence-electron chi connectivity index (χ4n) is 0.758. The quantitative estimate of drug-likeness (QED) is 0.325. The van der Waals surface area contributed by atoms with Gasteiger partial charge in [-0.25, -0.2) is 0 Å². The highest BCUT2D eigenvalue weighted by Crippen LogP contribution is 2.24. The molecule has 0 aromatic carbocycles. The van der Waals surface area contributed by atoms with Crippen LogP contribution in [0.25, 0.3) is 0 Å². The molecule has 0 fully saturated rings. The van der Waals surface area contributed by atoms with E-state index in [1.165, 1.54) is 6.42 Å². The van der Waals surface area contributed by atoms with Gasteiger partial charge in [0.05, 0.1) is 0 Å². The van der Waals surface area contributed by atoms with Crippen LogP contribution < -0.4 is 0 Å². The molecule has 7 heavy (non-hydrogen) atoms. The van der Waals surface area contributed by atoms with E-state index < -0.39 is 0 Å². The topological polar surface area (TPSA) is 0 Å². The van der Waals surface area contributed by atoms with Gasteiger partial charge in [-0.1, -0.05) is 41.7 Å². The molecule has 0 aromatic heterocycles. The second-order valence-corrected chi connectivity index (χ2v) is 3.64. The van der Waals surface area contributed by atoms with Gasteiger partial charge in [-0.05, 0) is 12.3 Å².